The molecule has 0 aromatic heterocycles. The summed E-state index contributed by atoms with van der Waals surface area (Å²) >= 11 is 0. The van der Waals surface area contributed by atoms with E-state index in [-0.39, 0.29) is 5.69 Å². The van der Waals surface area contributed by atoms with Crippen LogP contribution in [0.5, 0.6) is 0 Å². The first-order chi connectivity index (χ1) is 9.65. The molecule has 1 saturated carbocycles. The monoisotopic (exact) mass is 282 g/mol. The van der Waals surface area contributed by atoms with Crippen LogP contribution in [0.2, 0.25) is 0 Å². The van der Waals surface area contributed by atoms with Crippen molar-refractivity contribution in [2.45, 2.75) is 25.8 Å². The average molecular weight is 282 g/mol. The van der Waals surface area contributed by atoms with Crippen molar-refractivity contribution < 1.29 is 14.1 Å². The first-order valence-corrected chi connectivity index (χ1v) is 6.87. The lowest BCUT2D eigenvalue weighted by Crippen LogP contribution is -2.16. The fourth-order valence-corrected chi connectivity index (χ4v) is 1.91. The third-order valence-corrected chi connectivity index (χ3v) is 3.17. The maximum Gasteiger partial charge on any atom is 0.272 e. The van der Waals surface area contributed by atoms with Crippen molar-refractivity contribution in [2.24, 2.45) is 5.92 Å². The largest absolute Gasteiger partial charge is 0.381 e. The molecule has 1 aromatic carbocycles. The van der Waals surface area contributed by atoms with Gasteiger partial charge in [0, 0.05) is 25.8 Å². The Kier molecular flexibility index (Phi) is 5.43. The summed E-state index contributed by atoms with van der Waals surface area (Å²) in [4.78, 5) is 10.0. The molecule has 0 bridgehead atoms. The molecule has 0 heterocycles. The van der Waals surface area contributed by atoms with E-state index in [2.05, 4.69) is 5.32 Å². The quantitative estimate of drug-likeness (QED) is 0.429. The van der Waals surface area contributed by atoms with Gasteiger partial charge in [-0.1, -0.05) is 0 Å². The van der Waals surface area contributed by atoms with E-state index in [4.69, 9.17) is 4.74 Å². The maximum absolute atomic E-state index is 13.2. The van der Waals surface area contributed by atoms with Gasteiger partial charge in [-0.2, -0.15) is 0 Å². The summed E-state index contributed by atoms with van der Waals surface area (Å²) in [5, 5.41) is 13.7. The fraction of sp³-hybridized carbons (Fsp3) is 0.571. The molecule has 0 atom stereocenters. The number of benzene rings is 1. The zero-order valence-electron chi connectivity index (χ0n) is 11.3. The summed E-state index contributed by atoms with van der Waals surface area (Å²) in [7, 11) is 0. The number of non-ortho nitro benzene ring substituents is 1. The van der Waals surface area contributed by atoms with Gasteiger partial charge in [0.05, 0.1) is 11.0 Å². The lowest BCUT2D eigenvalue weighted by atomic mass is 10.2. The third kappa shape index (κ3) is 5.22. The first kappa shape index (κ1) is 14.9. The minimum atomic E-state index is -0.585. The standard InChI is InChI=1S/C14H19FN2O3/c15-13-6-12(7-14(8-13)17(18)19)9-16-4-1-5-20-10-11-2-3-11/h6-8,11,16H,1-5,9-10H2. The number of hydrogen-bond acceptors (Lipinski definition) is 4. The molecule has 0 aliphatic heterocycles. The smallest absolute Gasteiger partial charge is 0.272 e. The minimum Gasteiger partial charge on any atom is -0.381 e. The van der Waals surface area contributed by atoms with Crippen molar-refractivity contribution in [1.29, 1.82) is 0 Å². The van der Waals surface area contributed by atoms with E-state index in [0.717, 1.165) is 31.6 Å². The fourth-order valence-electron chi connectivity index (χ4n) is 1.91. The van der Waals surface area contributed by atoms with Crippen LogP contribution in [-0.2, 0) is 11.3 Å². The van der Waals surface area contributed by atoms with E-state index < -0.39 is 10.7 Å². The molecule has 1 aromatic rings. The molecule has 1 aliphatic rings. The van der Waals surface area contributed by atoms with Crippen LogP contribution in [0.15, 0.2) is 18.2 Å². The number of nitro benzene ring substituents is 1. The van der Waals surface area contributed by atoms with Crippen molar-refractivity contribution in [3.8, 4) is 0 Å². The zero-order valence-corrected chi connectivity index (χ0v) is 11.3. The van der Waals surface area contributed by atoms with Crippen LogP contribution in [0.4, 0.5) is 10.1 Å². The van der Waals surface area contributed by atoms with E-state index in [1.807, 2.05) is 0 Å². The number of ether oxygens (including phenoxy) is 1. The van der Waals surface area contributed by atoms with E-state index >= 15 is 0 Å². The molecule has 110 valence electrons. The van der Waals surface area contributed by atoms with Gasteiger partial charge in [0.2, 0.25) is 0 Å². The first-order valence-electron chi connectivity index (χ1n) is 6.87. The molecule has 0 unspecified atom stereocenters. The number of hydrogen-bond donors (Lipinski definition) is 1. The van der Waals surface area contributed by atoms with Gasteiger partial charge < -0.3 is 10.1 Å². The highest BCUT2D eigenvalue weighted by atomic mass is 19.1. The summed E-state index contributed by atoms with van der Waals surface area (Å²) < 4.78 is 18.7. The molecule has 1 fully saturated rings. The second-order valence-corrected chi connectivity index (χ2v) is 5.12. The molecule has 1 aliphatic carbocycles. The Hall–Kier alpha value is -1.53. The molecule has 0 radical (unpaired) electrons. The van der Waals surface area contributed by atoms with Crippen LogP contribution in [-0.4, -0.2) is 24.7 Å². The van der Waals surface area contributed by atoms with Crippen molar-refractivity contribution in [3.63, 3.8) is 0 Å². The molecule has 2 rings (SSSR count). The van der Waals surface area contributed by atoms with Gasteiger partial charge in [-0.3, -0.25) is 10.1 Å². The summed E-state index contributed by atoms with van der Waals surface area (Å²) in [5.41, 5.74) is 0.366. The second kappa shape index (κ2) is 7.31. The van der Waals surface area contributed by atoms with Gasteiger partial charge in [-0.15, -0.1) is 0 Å². The molecule has 0 spiro atoms. The highest BCUT2D eigenvalue weighted by molar-refractivity contribution is 5.35. The van der Waals surface area contributed by atoms with E-state index in [1.165, 1.54) is 25.0 Å². The number of halogens is 1. The third-order valence-electron chi connectivity index (χ3n) is 3.17. The highest BCUT2D eigenvalue weighted by Crippen LogP contribution is 2.28. The number of nitrogens with zero attached hydrogens (tertiary/aromatic N) is 1. The summed E-state index contributed by atoms with van der Waals surface area (Å²) in [6.45, 7) is 2.74. The maximum atomic E-state index is 13.2. The molecule has 6 heteroatoms. The van der Waals surface area contributed by atoms with Gasteiger partial charge in [0.1, 0.15) is 5.82 Å². The van der Waals surface area contributed by atoms with Crippen molar-refractivity contribution in [2.75, 3.05) is 19.8 Å². The highest BCUT2D eigenvalue weighted by Gasteiger charge is 2.20. The Labute approximate surface area is 117 Å². The van der Waals surface area contributed by atoms with E-state index in [1.54, 1.807) is 0 Å². The molecular weight excluding hydrogens is 263 g/mol. The van der Waals surface area contributed by atoms with E-state index in [9.17, 15) is 14.5 Å². The zero-order chi connectivity index (χ0) is 14.4. The summed E-state index contributed by atoms with van der Waals surface area (Å²) in [5.74, 6) is 0.194. The van der Waals surface area contributed by atoms with Gasteiger partial charge >= 0.3 is 0 Å². The predicted octanol–water partition coefficient (Wildman–Crippen LogP) is 2.64. The Morgan fingerprint density at radius 3 is 2.90 bits per heavy atom. The Balaban J connectivity index is 1.63. The summed E-state index contributed by atoms with van der Waals surface area (Å²) in [6, 6.07) is 3.62. The predicted molar refractivity (Wildman–Crippen MR) is 72.9 cm³/mol. The lowest BCUT2D eigenvalue weighted by molar-refractivity contribution is -0.385. The molecule has 0 saturated heterocycles. The number of nitrogens with one attached hydrogen (secondary N) is 1. The normalized spacial score (nSPS) is 14.4. The minimum absolute atomic E-state index is 0.213. The SMILES string of the molecule is O=[N+]([O-])c1cc(F)cc(CNCCCOCC2CC2)c1. The van der Waals surface area contributed by atoms with Gasteiger partial charge in [0.25, 0.3) is 5.69 Å². The average Bonchev–Trinajstić information content (AvgIpc) is 3.21. The molecular formula is C14H19FN2O3. The Morgan fingerprint density at radius 1 is 1.40 bits per heavy atom. The summed E-state index contributed by atoms with van der Waals surface area (Å²) in [6.07, 6.45) is 3.46. The Morgan fingerprint density at radius 2 is 2.20 bits per heavy atom. The van der Waals surface area contributed by atoms with Crippen LogP contribution < -0.4 is 5.32 Å². The lowest BCUT2D eigenvalue weighted by Gasteiger charge is -2.06. The van der Waals surface area contributed by atoms with Gasteiger partial charge in [-0.05, 0) is 43.4 Å². The van der Waals surface area contributed by atoms with Gasteiger partial charge in [0.15, 0.2) is 0 Å². The van der Waals surface area contributed by atoms with Crippen molar-refractivity contribution in [3.05, 3.63) is 39.7 Å². The van der Waals surface area contributed by atoms with Crippen LogP contribution >= 0.6 is 0 Å². The van der Waals surface area contributed by atoms with Crippen LogP contribution in [0.1, 0.15) is 24.8 Å². The number of rotatable bonds is 9. The molecule has 5 nitrogen and oxygen atoms in total. The van der Waals surface area contributed by atoms with Crippen molar-refractivity contribution in [1.82, 2.24) is 5.32 Å². The Bertz CT molecular complexity index is 464. The number of nitro groups is 1. The van der Waals surface area contributed by atoms with Crippen LogP contribution in [0.3, 0.4) is 0 Å². The van der Waals surface area contributed by atoms with E-state index in [0.29, 0.717) is 18.7 Å². The molecule has 1 N–H and O–H groups in total. The van der Waals surface area contributed by atoms with Crippen LogP contribution in [0.25, 0.3) is 0 Å². The molecule has 0 amide bonds. The van der Waals surface area contributed by atoms with Gasteiger partial charge in [-0.25, -0.2) is 4.39 Å². The topological polar surface area (TPSA) is 64.4 Å². The molecule has 20 heavy (non-hydrogen) atoms. The second-order valence-electron chi connectivity index (χ2n) is 5.12. The van der Waals surface area contributed by atoms with Crippen molar-refractivity contribution >= 4 is 5.69 Å². The van der Waals surface area contributed by atoms with Crippen LogP contribution in [0, 0.1) is 21.8 Å².